The van der Waals surface area contributed by atoms with Gasteiger partial charge in [-0.2, -0.15) is 5.10 Å². The molecule has 4 aromatic rings. The number of amides is 1. The standard InChI is InChI=1S/C25H17Cl2N3O3/c1-33-16-9-6-13(7-10-16)23-22-24(30-29-23)17-3-2-4-19(21(17)25(22)32)28-20(31)11-14-5-8-15(26)12-18(14)27/h2-10,12H,11H2,1H3,(H,28,31)(H,29,30). The summed E-state index contributed by atoms with van der Waals surface area (Å²) in [7, 11) is 1.60. The third kappa shape index (κ3) is 3.77. The van der Waals surface area contributed by atoms with Crippen molar-refractivity contribution in [1.29, 1.82) is 0 Å². The van der Waals surface area contributed by atoms with Crippen LogP contribution in [0.25, 0.3) is 22.5 Å². The van der Waals surface area contributed by atoms with E-state index < -0.39 is 0 Å². The topological polar surface area (TPSA) is 84.1 Å². The van der Waals surface area contributed by atoms with Gasteiger partial charge in [0.25, 0.3) is 0 Å². The highest BCUT2D eigenvalue weighted by molar-refractivity contribution is 6.35. The molecule has 0 unspecified atom stereocenters. The van der Waals surface area contributed by atoms with E-state index in [1.54, 1.807) is 37.4 Å². The maximum Gasteiger partial charge on any atom is 0.228 e. The highest BCUT2D eigenvalue weighted by atomic mass is 35.5. The first-order valence-corrected chi connectivity index (χ1v) is 10.9. The smallest absolute Gasteiger partial charge is 0.228 e. The fraction of sp³-hybridized carbons (Fsp3) is 0.0800. The first-order valence-electron chi connectivity index (χ1n) is 10.1. The summed E-state index contributed by atoms with van der Waals surface area (Å²) in [6.45, 7) is 0. The zero-order valence-electron chi connectivity index (χ0n) is 17.4. The van der Waals surface area contributed by atoms with Gasteiger partial charge in [0, 0.05) is 21.2 Å². The molecule has 2 N–H and O–H groups in total. The van der Waals surface area contributed by atoms with Crippen molar-refractivity contribution in [3.63, 3.8) is 0 Å². The van der Waals surface area contributed by atoms with Crippen molar-refractivity contribution in [2.75, 3.05) is 12.4 Å². The van der Waals surface area contributed by atoms with E-state index in [1.807, 2.05) is 30.3 Å². The van der Waals surface area contributed by atoms with Gasteiger partial charge in [0.15, 0.2) is 5.78 Å². The predicted octanol–water partition coefficient (Wildman–Crippen LogP) is 5.78. The van der Waals surface area contributed by atoms with Crippen LogP contribution >= 0.6 is 23.2 Å². The summed E-state index contributed by atoms with van der Waals surface area (Å²) in [6, 6.07) is 17.7. The number of aromatic nitrogens is 2. The quantitative estimate of drug-likeness (QED) is 0.335. The summed E-state index contributed by atoms with van der Waals surface area (Å²) in [5, 5.41) is 11.1. The zero-order chi connectivity index (χ0) is 23.1. The number of methoxy groups -OCH3 is 1. The molecule has 1 aliphatic rings. The van der Waals surface area contributed by atoms with Gasteiger partial charge in [-0.15, -0.1) is 0 Å². The van der Waals surface area contributed by atoms with Gasteiger partial charge in [0.2, 0.25) is 5.91 Å². The molecule has 0 bridgehead atoms. The van der Waals surface area contributed by atoms with Crippen LogP contribution in [0.15, 0.2) is 60.7 Å². The van der Waals surface area contributed by atoms with Gasteiger partial charge in [-0.3, -0.25) is 14.7 Å². The van der Waals surface area contributed by atoms with E-state index in [0.29, 0.717) is 55.1 Å². The van der Waals surface area contributed by atoms with Gasteiger partial charge in [-0.25, -0.2) is 0 Å². The third-order valence-electron chi connectivity index (χ3n) is 5.56. The minimum absolute atomic E-state index is 0.0534. The molecule has 0 spiro atoms. The van der Waals surface area contributed by atoms with Gasteiger partial charge < -0.3 is 10.1 Å². The van der Waals surface area contributed by atoms with Crippen molar-refractivity contribution in [2.45, 2.75) is 6.42 Å². The van der Waals surface area contributed by atoms with Crippen molar-refractivity contribution >= 4 is 40.6 Å². The Morgan fingerprint density at radius 1 is 1.06 bits per heavy atom. The van der Waals surface area contributed by atoms with Crippen molar-refractivity contribution in [3.8, 4) is 28.3 Å². The average molecular weight is 478 g/mol. The van der Waals surface area contributed by atoms with Crippen LogP contribution in [0, 0.1) is 0 Å². The Morgan fingerprint density at radius 2 is 1.85 bits per heavy atom. The molecule has 0 radical (unpaired) electrons. The monoisotopic (exact) mass is 477 g/mol. The SMILES string of the molecule is COc1ccc(-c2n[nH]c3c2C(=O)c2c(NC(=O)Cc4ccc(Cl)cc4Cl)cccc2-3)cc1. The van der Waals surface area contributed by atoms with Crippen LogP contribution < -0.4 is 10.1 Å². The molecule has 1 aromatic heterocycles. The van der Waals surface area contributed by atoms with E-state index >= 15 is 0 Å². The molecule has 8 heteroatoms. The van der Waals surface area contributed by atoms with Crippen LogP contribution in [0.3, 0.4) is 0 Å². The number of nitrogens with zero attached hydrogens (tertiary/aromatic N) is 1. The largest absolute Gasteiger partial charge is 0.497 e. The second-order valence-electron chi connectivity index (χ2n) is 7.57. The number of nitrogens with one attached hydrogen (secondary N) is 2. The van der Waals surface area contributed by atoms with Crippen molar-refractivity contribution in [3.05, 3.63) is 87.4 Å². The van der Waals surface area contributed by atoms with E-state index in [0.717, 1.165) is 5.56 Å². The fourth-order valence-electron chi connectivity index (χ4n) is 3.98. The van der Waals surface area contributed by atoms with E-state index in [4.69, 9.17) is 27.9 Å². The Hall–Kier alpha value is -3.61. The van der Waals surface area contributed by atoms with Crippen molar-refractivity contribution in [2.24, 2.45) is 0 Å². The molecule has 3 aromatic carbocycles. The van der Waals surface area contributed by atoms with Crippen molar-refractivity contribution in [1.82, 2.24) is 10.2 Å². The number of H-pyrrole nitrogens is 1. The van der Waals surface area contributed by atoms with Gasteiger partial charge in [-0.1, -0.05) is 41.4 Å². The van der Waals surface area contributed by atoms with E-state index in [2.05, 4.69) is 15.5 Å². The number of aromatic amines is 1. The van der Waals surface area contributed by atoms with Gasteiger partial charge in [0.05, 0.1) is 36.0 Å². The van der Waals surface area contributed by atoms with Gasteiger partial charge in [0.1, 0.15) is 11.4 Å². The van der Waals surface area contributed by atoms with Gasteiger partial charge >= 0.3 is 0 Å². The molecule has 0 fully saturated rings. The number of ether oxygens (including phenoxy) is 1. The Bertz CT molecular complexity index is 1410. The number of fused-ring (bicyclic) bond motifs is 3. The molecule has 1 heterocycles. The highest BCUT2D eigenvalue weighted by Gasteiger charge is 2.35. The number of carbonyl (C=O) groups excluding carboxylic acids is 2. The molecule has 6 nitrogen and oxygen atoms in total. The van der Waals surface area contributed by atoms with Crippen molar-refractivity contribution < 1.29 is 14.3 Å². The lowest BCUT2D eigenvalue weighted by atomic mass is 10.0. The molecule has 33 heavy (non-hydrogen) atoms. The number of carbonyl (C=O) groups is 2. The molecule has 0 aliphatic heterocycles. The lowest BCUT2D eigenvalue weighted by molar-refractivity contribution is -0.115. The van der Waals surface area contributed by atoms with Crippen LogP contribution in [-0.4, -0.2) is 29.0 Å². The summed E-state index contributed by atoms with van der Waals surface area (Å²) in [5.41, 5.74) is 4.69. The first-order chi connectivity index (χ1) is 16.0. The summed E-state index contributed by atoms with van der Waals surface area (Å²) in [5.74, 6) is 0.232. The van der Waals surface area contributed by atoms with Crippen LogP contribution in [0.2, 0.25) is 10.0 Å². The molecule has 1 aliphatic carbocycles. The zero-order valence-corrected chi connectivity index (χ0v) is 18.9. The molecule has 0 saturated heterocycles. The van der Waals surface area contributed by atoms with Crippen LogP contribution in [-0.2, 0) is 11.2 Å². The molecular weight excluding hydrogens is 461 g/mol. The third-order valence-corrected chi connectivity index (χ3v) is 6.14. The predicted molar refractivity (Wildman–Crippen MR) is 128 cm³/mol. The Kier molecular flexibility index (Phi) is 5.40. The average Bonchev–Trinajstić information content (AvgIpc) is 3.36. The molecule has 0 saturated carbocycles. The highest BCUT2D eigenvalue weighted by Crippen LogP contribution is 2.43. The molecule has 5 rings (SSSR count). The molecular formula is C25H17Cl2N3O3. The summed E-state index contributed by atoms with van der Waals surface area (Å²) in [4.78, 5) is 26.2. The van der Waals surface area contributed by atoms with Gasteiger partial charge in [-0.05, 0) is 48.0 Å². The van der Waals surface area contributed by atoms with E-state index in [-0.39, 0.29) is 18.1 Å². The Balaban J connectivity index is 1.45. The summed E-state index contributed by atoms with van der Waals surface area (Å²) < 4.78 is 5.21. The molecule has 0 atom stereocenters. The number of halogens is 2. The lowest BCUT2D eigenvalue weighted by Gasteiger charge is -2.11. The molecule has 164 valence electrons. The fourth-order valence-corrected chi connectivity index (χ4v) is 4.46. The lowest BCUT2D eigenvalue weighted by Crippen LogP contribution is -2.16. The number of hydrogen-bond acceptors (Lipinski definition) is 4. The minimum atomic E-state index is -0.288. The summed E-state index contributed by atoms with van der Waals surface area (Å²) >= 11 is 12.1. The van der Waals surface area contributed by atoms with E-state index in [9.17, 15) is 9.59 Å². The Morgan fingerprint density at radius 3 is 2.58 bits per heavy atom. The second-order valence-corrected chi connectivity index (χ2v) is 8.41. The maximum atomic E-state index is 13.4. The van der Waals surface area contributed by atoms with E-state index in [1.165, 1.54) is 0 Å². The van der Waals surface area contributed by atoms with Crippen LogP contribution in [0.5, 0.6) is 5.75 Å². The number of ketones is 1. The minimum Gasteiger partial charge on any atom is -0.497 e. The van der Waals surface area contributed by atoms with Crippen LogP contribution in [0.1, 0.15) is 21.5 Å². The molecule has 1 amide bonds. The number of benzene rings is 3. The second kappa shape index (κ2) is 8.39. The summed E-state index contributed by atoms with van der Waals surface area (Å²) in [6.07, 6.45) is 0.0534. The number of hydrogen-bond donors (Lipinski definition) is 2. The van der Waals surface area contributed by atoms with Crippen LogP contribution in [0.4, 0.5) is 5.69 Å². The normalized spacial score (nSPS) is 11.8. The number of rotatable bonds is 5. The Labute approximate surface area is 199 Å². The maximum absolute atomic E-state index is 13.4. The first kappa shape index (κ1) is 21.2. The number of anilines is 1.